The summed E-state index contributed by atoms with van der Waals surface area (Å²) in [6.07, 6.45) is 0. The topological polar surface area (TPSA) is 64.4 Å². The van der Waals surface area contributed by atoms with Gasteiger partial charge in [0, 0.05) is 22.2 Å². The summed E-state index contributed by atoms with van der Waals surface area (Å²) < 4.78 is 5.66. The minimum Gasteiger partial charge on any atom is -0.488 e. The fourth-order valence-corrected chi connectivity index (χ4v) is 2.52. The van der Waals surface area contributed by atoms with Crippen molar-refractivity contribution in [2.75, 3.05) is 5.32 Å². The van der Waals surface area contributed by atoms with Crippen molar-refractivity contribution in [1.29, 1.82) is 0 Å². The minimum atomic E-state index is -0.564. The van der Waals surface area contributed by atoms with Crippen molar-refractivity contribution in [3.05, 3.63) is 46.2 Å². The summed E-state index contributed by atoms with van der Waals surface area (Å²) in [5.74, 6) is 0.567. The summed E-state index contributed by atoms with van der Waals surface area (Å²) in [6.45, 7) is 0.538. The van der Waals surface area contributed by atoms with Gasteiger partial charge >= 0.3 is 0 Å². The Hall–Kier alpha value is -1.85. The fourth-order valence-electron chi connectivity index (χ4n) is 1.91. The third-order valence-corrected chi connectivity index (χ3v) is 3.71. The number of amides is 1. The van der Waals surface area contributed by atoms with E-state index in [0.29, 0.717) is 6.61 Å². The summed E-state index contributed by atoms with van der Waals surface area (Å²) in [4.78, 5) is 12.6. The van der Waals surface area contributed by atoms with E-state index in [9.17, 15) is 4.79 Å². The first-order valence-electron chi connectivity index (χ1n) is 5.59. The Morgan fingerprint density at radius 2 is 2.28 bits per heavy atom. The Bertz CT molecular complexity index is 581. The summed E-state index contributed by atoms with van der Waals surface area (Å²) >= 11 is 1.65. The number of carbonyl (C=O) groups excluding carboxylic acids is 1. The molecule has 3 rings (SSSR count). The molecule has 1 aliphatic heterocycles. The number of nitrogens with one attached hydrogen (secondary N) is 1. The van der Waals surface area contributed by atoms with Crippen molar-refractivity contribution in [3.8, 4) is 5.75 Å². The van der Waals surface area contributed by atoms with Crippen LogP contribution in [-0.4, -0.2) is 5.91 Å². The summed E-state index contributed by atoms with van der Waals surface area (Å²) in [5, 5.41) is 4.75. The first kappa shape index (κ1) is 11.3. The van der Waals surface area contributed by atoms with Gasteiger partial charge in [-0.3, -0.25) is 4.79 Å². The molecule has 1 aromatic heterocycles. The van der Waals surface area contributed by atoms with Crippen LogP contribution in [0.4, 0.5) is 5.69 Å². The lowest BCUT2D eigenvalue weighted by Gasteiger charge is -2.07. The molecule has 1 amide bonds. The van der Waals surface area contributed by atoms with Gasteiger partial charge in [0.15, 0.2) is 0 Å². The average molecular weight is 260 g/mol. The Morgan fingerprint density at radius 3 is 3.06 bits per heavy atom. The molecule has 0 aliphatic carbocycles. The van der Waals surface area contributed by atoms with Gasteiger partial charge in [-0.2, -0.15) is 0 Å². The number of anilines is 1. The quantitative estimate of drug-likeness (QED) is 0.889. The third-order valence-electron chi connectivity index (χ3n) is 2.86. The molecule has 0 saturated heterocycles. The lowest BCUT2D eigenvalue weighted by atomic mass is 10.1. The van der Waals surface area contributed by atoms with Crippen LogP contribution in [0, 0.1) is 0 Å². The molecule has 0 fully saturated rings. The number of carbonyl (C=O) groups is 1. The van der Waals surface area contributed by atoms with Crippen LogP contribution >= 0.6 is 11.3 Å². The van der Waals surface area contributed by atoms with Crippen LogP contribution in [0.3, 0.4) is 0 Å². The number of hydrogen-bond acceptors (Lipinski definition) is 4. The van der Waals surface area contributed by atoms with Gasteiger partial charge in [-0.25, -0.2) is 0 Å². The van der Waals surface area contributed by atoms with E-state index in [0.717, 1.165) is 21.9 Å². The predicted molar refractivity (Wildman–Crippen MR) is 70.7 cm³/mol. The third kappa shape index (κ3) is 1.98. The normalized spacial score (nSPS) is 17.4. The van der Waals surface area contributed by atoms with Crippen LogP contribution in [0.1, 0.15) is 16.5 Å². The van der Waals surface area contributed by atoms with Crippen LogP contribution in [0.2, 0.25) is 0 Å². The lowest BCUT2D eigenvalue weighted by Crippen LogP contribution is -2.19. The molecule has 1 aliphatic rings. The molecule has 92 valence electrons. The molecule has 18 heavy (non-hydrogen) atoms. The van der Waals surface area contributed by atoms with Crippen molar-refractivity contribution in [3.63, 3.8) is 0 Å². The molecule has 3 N–H and O–H groups in total. The number of rotatable bonds is 3. The molecule has 4 nitrogen and oxygen atoms in total. The second-order valence-electron chi connectivity index (χ2n) is 4.08. The summed E-state index contributed by atoms with van der Waals surface area (Å²) in [7, 11) is 0. The zero-order chi connectivity index (χ0) is 12.5. The first-order valence-corrected chi connectivity index (χ1v) is 6.47. The number of hydrogen-bond donors (Lipinski definition) is 2. The number of nitrogens with two attached hydrogens (primary N) is 1. The van der Waals surface area contributed by atoms with E-state index in [1.54, 1.807) is 11.3 Å². The van der Waals surface area contributed by atoms with Gasteiger partial charge in [-0.15, -0.1) is 11.3 Å². The maximum Gasteiger partial charge on any atom is 0.245 e. The number of fused-ring (bicyclic) bond motifs is 1. The smallest absolute Gasteiger partial charge is 0.245 e. The summed E-state index contributed by atoms with van der Waals surface area (Å²) in [6, 6.07) is 8.94. The van der Waals surface area contributed by atoms with Gasteiger partial charge < -0.3 is 15.8 Å². The van der Waals surface area contributed by atoms with Crippen LogP contribution in [0.5, 0.6) is 5.75 Å². The standard InChI is InChI=1S/C13H12N2O2S/c14-12-10-4-3-8(6-11(10)15-13(12)16)17-7-9-2-1-5-18-9/h1-6,12H,7,14H2,(H,15,16). The minimum absolute atomic E-state index is 0.166. The van der Waals surface area contributed by atoms with Crippen LogP contribution in [-0.2, 0) is 11.4 Å². The van der Waals surface area contributed by atoms with Crippen LogP contribution in [0.15, 0.2) is 35.7 Å². The van der Waals surface area contributed by atoms with Gasteiger partial charge in [0.05, 0.1) is 0 Å². The first-order chi connectivity index (χ1) is 8.74. The summed E-state index contributed by atoms with van der Waals surface area (Å²) in [5.41, 5.74) is 7.31. The highest BCUT2D eigenvalue weighted by Gasteiger charge is 2.27. The zero-order valence-electron chi connectivity index (χ0n) is 9.55. The van der Waals surface area contributed by atoms with Crippen molar-refractivity contribution in [2.45, 2.75) is 12.6 Å². The molecule has 0 bridgehead atoms. The number of ether oxygens (including phenoxy) is 1. The highest BCUT2D eigenvalue weighted by Crippen LogP contribution is 2.32. The van der Waals surface area contributed by atoms with Crippen molar-refractivity contribution < 1.29 is 9.53 Å². The SMILES string of the molecule is NC1C(=O)Nc2cc(OCc3cccs3)ccc21. The van der Waals surface area contributed by atoms with E-state index in [-0.39, 0.29) is 5.91 Å². The van der Waals surface area contributed by atoms with E-state index in [2.05, 4.69) is 5.32 Å². The second-order valence-corrected chi connectivity index (χ2v) is 5.12. The largest absolute Gasteiger partial charge is 0.488 e. The van der Waals surface area contributed by atoms with Gasteiger partial charge in [-0.05, 0) is 17.5 Å². The van der Waals surface area contributed by atoms with E-state index in [1.807, 2.05) is 35.7 Å². The van der Waals surface area contributed by atoms with E-state index < -0.39 is 6.04 Å². The lowest BCUT2D eigenvalue weighted by molar-refractivity contribution is -0.116. The predicted octanol–water partition coefficient (Wildman–Crippen LogP) is 2.28. The molecule has 1 unspecified atom stereocenters. The van der Waals surface area contributed by atoms with Crippen LogP contribution in [0.25, 0.3) is 0 Å². The second kappa shape index (κ2) is 4.44. The highest BCUT2D eigenvalue weighted by molar-refractivity contribution is 7.09. The highest BCUT2D eigenvalue weighted by atomic mass is 32.1. The Morgan fingerprint density at radius 1 is 1.39 bits per heavy atom. The van der Waals surface area contributed by atoms with Gasteiger partial charge in [-0.1, -0.05) is 12.1 Å². The molecular weight excluding hydrogens is 248 g/mol. The van der Waals surface area contributed by atoms with Gasteiger partial charge in [0.25, 0.3) is 0 Å². The monoisotopic (exact) mass is 260 g/mol. The number of benzene rings is 1. The Balaban J connectivity index is 1.76. The molecule has 0 radical (unpaired) electrons. The molecule has 0 spiro atoms. The molecule has 2 heterocycles. The van der Waals surface area contributed by atoms with Crippen molar-refractivity contribution >= 4 is 22.9 Å². The van der Waals surface area contributed by atoms with E-state index >= 15 is 0 Å². The van der Waals surface area contributed by atoms with E-state index in [4.69, 9.17) is 10.5 Å². The molecule has 1 atom stereocenters. The molecule has 1 aromatic carbocycles. The Labute approximate surface area is 108 Å². The maximum absolute atomic E-state index is 11.4. The van der Waals surface area contributed by atoms with Gasteiger partial charge in [0.2, 0.25) is 5.91 Å². The molecule has 0 saturated carbocycles. The van der Waals surface area contributed by atoms with Crippen molar-refractivity contribution in [2.24, 2.45) is 5.73 Å². The molecule has 5 heteroatoms. The average Bonchev–Trinajstić information content (AvgIpc) is 2.97. The molecular formula is C13H12N2O2S. The van der Waals surface area contributed by atoms with Gasteiger partial charge in [0.1, 0.15) is 18.4 Å². The fraction of sp³-hybridized carbons (Fsp3) is 0.154. The van der Waals surface area contributed by atoms with E-state index in [1.165, 1.54) is 0 Å². The Kier molecular flexibility index (Phi) is 2.77. The van der Waals surface area contributed by atoms with Crippen molar-refractivity contribution in [1.82, 2.24) is 0 Å². The number of thiophene rings is 1. The maximum atomic E-state index is 11.4. The van der Waals surface area contributed by atoms with Crippen LogP contribution < -0.4 is 15.8 Å². The molecule has 2 aromatic rings. The zero-order valence-corrected chi connectivity index (χ0v) is 10.4.